The second-order valence-electron chi connectivity index (χ2n) is 11.3. The molecule has 2 fully saturated rings. The topological polar surface area (TPSA) is 46.9 Å². The number of hydrogen-bond donors (Lipinski definition) is 1. The van der Waals surface area contributed by atoms with Gasteiger partial charge in [-0.25, -0.2) is 0 Å². The van der Waals surface area contributed by atoms with Crippen LogP contribution in [-0.2, 0) is 30.0 Å². The first-order valence-electron chi connectivity index (χ1n) is 13.0. The number of fused-ring (bicyclic) bond motifs is 4. The molecule has 3 aromatic rings. The van der Waals surface area contributed by atoms with E-state index in [1.54, 1.807) is 0 Å². The van der Waals surface area contributed by atoms with Crippen LogP contribution in [0.3, 0.4) is 0 Å². The molecule has 0 amide bonds. The minimum absolute atomic E-state index is 0. The number of aromatic hydroxyl groups is 1. The summed E-state index contributed by atoms with van der Waals surface area (Å²) in [5.74, 6) is 1.82. The predicted molar refractivity (Wildman–Crippen MR) is 138 cm³/mol. The van der Waals surface area contributed by atoms with E-state index < -0.39 is 0 Å². The Balaban J connectivity index is 0.00000210. The number of ether oxygens (including phenoxy) is 2. The quantitative estimate of drug-likeness (QED) is 0.553. The second-order valence-corrected chi connectivity index (χ2v) is 11.3. The van der Waals surface area contributed by atoms with Crippen LogP contribution in [0, 0.1) is 5.92 Å². The normalized spacial score (nSPS) is 32.1. The van der Waals surface area contributed by atoms with E-state index in [9.17, 15) is 5.11 Å². The summed E-state index contributed by atoms with van der Waals surface area (Å²) in [7, 11) is 2.18. The van der Waals surface area contributed by atoms with Crippen molar-refractivity contribution in [2.45, 2.75) is 62.2 Å². The summed E-state index contributed by atoms with van der Waals surface area (Å²) < 4.78 is 16.3. The van der Waals surface area contributed by atoms with E-state index >= 15 is 0 Å². The van der Waals surface area contributed by atoms with Crippen molar-refractivity contribution in [3.05, 3.63) is 58.8 Å². The number of benzene rings is 2. The number of piperidine rings is 1. The van der Waals surface area contributed by atoms with Gasteiger partial charge < -0.3 is 19.1 Å². The maximum Gasteiger partial charge on any atom is 0.166 e. The molecule has 35 heavy (non-hydrogen) atoms. The average Bonchev–Trinajstić information content (AvgIpc) is 3.52. The fourth-order valence-electron chi connectivity index (χ4n) is 8.43. The fourth-order valence-corrected chi connectivity index (χ4v) is 8.43. The highest BCUT2D eigenvalue weighted by atomic mass is 35.5. The number of hydrogen-bond acceptors (Lipinski definition) is 4. The number of aryl methyl sites for hydroxylation is 1. The monoisotopic (exact) mass is 492 g/mol. The van der Waals surface area contributed by atoms with Gasteiger partial charge in [-0.3, -0.25) is 4.90 Å². The molecule has 3 aliphatic carbocycles. The summed E-state index contributed by atoms with van der Waals surface area (Å²) in [5, 5.41) is 12.3. The number of phenols is 1. The second kappa shape index (κ2) is 7.18. The smallest absolute Gasteiger partial charge is 0.166 e. The van der Waals surface area contributed by atoms with Gasteiger partial charge in [0.05, 0.1) is 11.1 Å². The number of halogens is 1. The number of rotatable bonds is 4. The Morgan fingerprint density at radius 3 is 2.80 bits per heavy atom. The number of phenolic OH excluding ortho intramolecular Hbond substituents is 1. The standard InChI is InChI=1S/C29H32N2O3.ClH/c1-3-33-29-15-20-19-6-4-5-7-21(19)30(2)25(20)27-28(29)12-13-31(16-17-8-9-17)23(29)14-18-10-11-22(32)26(34-27)24(18)28;/h4-7,10-11,17,23,27,32H,3,8-9,12-16H2,1-2H3;1H/t23-,27+,28+,29-;/m1./s1. The molecular formula is C29H33ClN2O3. The fraction of sp³-hybridized carbons (Fsp3) is 0.517. The molecule has 1 aromatic heterocycles. The Morgan fingerprint density at radius 1 is 1.17 bits per heavy atom. The first-order valence-corrected chi connectivity index (χ1v) is 13.0. The lowest BCUT2D eigenvalue weighted by molar-refractivity contribution is -0.203. The van der Waals surface area contributed by atoms with Crippen molar-refractivity contribution < 1.29 is 14.6 Å². The zero-order valence-corrected chi connectivity index (χ0v) is 21.2. The van der Waals surface area contributed by atoms with Gasteiger partial charge in [0.15, 0.2) is 17.6 Å². The summed E-state index contributed by atoms with van der Waals surface area (Å²) in [6.45, 7) is 5.09. The van der Waals surface area contributed by atoms with Crippen molar-refractivity contribution in [3.8, 4) is 11.5 Å². The lowest BCUT2D eigenvalue weighted by Gasteiger charge is -2.64. The molecule has 5 nitrogen and oxygen atoms in total. The Bertz CT molecular complexity index is 1360. The van der Waals surface area contributed by atoms with Gasteiger partial charge in [-0.2, -0.15) is 0 Å². The predicted octanol–water partition coefficient (Wildman–Crippen LogP) is 5.05. The zero-order chi connectivity index (χ0) is 22.8. The van der Waals surface area contributed by atoms with E-state index in [0.717, 1.165) is 31.7 Å². The maximum absolute atomic E-state index is 11.0. The summed E-state index contributed by atoms with van der Waals surface area (Å²) in [6.07, 6.45) is 5.46. The van der Waals surface area contributed by atoms with E-state index in [1.807, 2.05) is 6.07 Å². The van der Waals surface area contributed by atoms with Crippen molar-refractivity contribution in [2.75, 3.05) is 19.7 Å². The van der Waals surface area contributed by atoms with Gasteiger partial charge in [0, 0.05) is 49.1 Å². The molecule has 2 aliphatic heterocycles. The van der Waals surface area contributed by atoms with E-state index in [1.165, 1.54) is 52.7 Å². The number of aromatic nitrogens is 1. The summed E-state index contributed by atoms with van der Waals surface area (Å²) in [4.78, 5) is 2.76. The Kier molecular flexibility index (Phi) is 4.52. The third kappa shape index (κ3) is 2.47. The van der Waals surface area contributed by atoms with Gasteiger partial charge in [0.1, 0.15) is 5.60 Å². The molecule has 184 valence electrons. The molecule has 2 aromatic carbocycles. The minimum atomic E-state index is -0.358. The lowest BCUT2D eigenvalue weighted by atomic mass is 9.48. The van der Waals surface area contributed by atoms with Crippen LogP contribution in [-0.4, -0.2) is 45.9 Å². The molecule has 1 N–H and O–H groups in total. The average molecular weight is 493 g/mol. The van der Waals surface area contributed by atoms with E-state index in [4.69, 9.17) is 9.47 Å². The van der Waals surface area contributed by atoms with Crippen LogP contribution in [0.25, 0.3) is 10.9 Å². The molecule has 0 unspecified atom stereocenters. The van der Waals surface area contributed by atoms with Crippen LogP contribution in [0.4, 0.5) is 0 Å². The van der Waals surface area contributed by atoms with Gasteiger partial charge in [-0.15, -0.1) is 12.4 Å². The zero-order valence-electron chi connectivity index (χ0n) is 20.4. The van der Waals surface area contributed by atoms with Crippen molar-refractivity contribution >= 4 is 23.3 Å². The Labute approximate surface area is 212 Å². The number of likely N-dealkylation sites (tertiary alicyclic amines) is 1. The first kappa shape index (κ1) is 22.0. The van der Waals surface area contributed by atoms with Crippen molar-refractivity contribution in [2.24, 2.45) is 13.0 Å². The van der Waals surface area contributed by atoms with Gasteiger partial charge in [-0.1, -0.05) is 24.3 Å². The highest BCUT2D eigenvalue weighted by Gasteiger charge is 2.74. The van der Waals surface area contributed by atoms with Gasteiger partial charge >= 0.3 is 0 Å². The van der Waals surface area contributed by atoms with Crippen molar-refractivity contribution in [3.63, 3.8) is 0 Å². The largest absolute Gasteiger partial charge is 0.504 e. The molecule has 5 aliphatic rings. The van der Waals surface area contributed by atoms with E-state index in [0.29, 0.717) is 18.4 Å². The molecule has 1 saturated heterocycles. The van der Waals surface area contributed by atoms with Crippen molar-refractivity contribution in [1.82, 2.24) is 9.47 Å². The van der Waals surface area contributed by atoms with Crippen LogP contribution in [0.15, 0.2) is 36.4 Å². The van der Waals surface area contributed by atoms with E-state index in [-0.39, 0.29) is 35.3 Å². The number of nitrogens with zero attached hydrogens (tertiary/aromatic N) is 2. The molecule has 1 saturated carbocycles. The van der Waals surface area contributed by atoms with Crippen LogP contribution in [0.2, 0.25) is 0 Å². The van der Waals surface area contributed by atoms with Crippen LogP contribution in [0.1, 0.15) is 54.7 Å². The Hall–Kier alpha value is -2.21. The minimum Gasteiger partial charge on any atom is -0.504 e. The SMILES string of the molecule is CCO[C@@]12Cc3c(n(C)c4ccccc34)[C@@H]3Oc4c(O)ccc5c4[C@@]31CCN(CC1CC1)[C@@H]2C5.Cl. The molecule has 8 rings (SSSR count). The molecule has 4 atom stereocenters. The highest BCUT2D eigenvalue weighted by molar-refractivity contribution is 5.87. The van der Waals surface area contributed by atoms with Crippen LogP contribution in [0.5, 0.6) is 11.5 Å². The van der Waals surface area contributed by atoms with Crippen LogP contribution >= 0.6 is 12.4 Å². The molecule has 6 heteroatoms. The Morgan fingerprint density at radius 2 is 2.00 bits per heavy atom. The third-order valence-electron chi connectivity index (χ3n) is 9.83. The molecule has 2 bridgehead atoms. The van der Waals surface area contributed by atoms with Gasteiger partial charge in [0.25, 0.3) is 0 Å². The molecule has 3 heterocycles. The molecule has 0 radical (unpaired) electrons. The van der Waals surface area contributed by atoms with Gasteiger partial charge in [-0.05, 0) is 68.3 Å². The van der Waals surface area contributed by atoms with Gasteiger partial charge in [0.2, 0.25) is 0 Å². The summed E-state index contributed by atoms with van der Waals surface area (Å²) in [5.41, 5.74) is 5.86. The van der Waals surface area contributed by atoms with Crippen molar-refractivity contribution in [1.29, 1.82) is 0 Å². The molecule has 1 spiro atoms. The summed E-state index contributed by atoms with van der Waals surface area (Å²) in [6, 6.07) is 13.1. The third-order valence-corrected chi connectivity index (χ3v) is 9.83. The summed E-state index contributed by atoms with van der Waals surface area (Å²) >= 11 is 0. The van der Waals surface area contributed by atoms with E-state index in [2.05, 4.69) is 53.8 Å². The maximum atomic E-state index is 11.0. The highest BCUT2D eigenvalue weighted by Crippen LogP contribution is 2.70. The lowest BCUT2D eigenvalue weighted by Crippen LogP contribution is -2.75. The molecular weight excluding hydrogens is 460 g/mol. The first-order chi connectivity index (χ1) is 16.6. The number of para-hydroxylation sites is 1. The van der Waals surface area contributed by atoms with Crippen LogP contribution < -0.4 is 4.74 Å².